The molecule has 1 atom stereocenters. The lowest BCUT2D eigenvalue weighted by Crippen LogP contribution is -2.10. The lowest BCUT2D eigenvalue weighted by molar-refractivity contribution is 0.111. The van der Waals surface area contributed by atoms with Crippen LogP contribution in [-0.4, -0.2) is 50.4 Å². The van der Waals surface area contributed by atoms with Crippen LogP contribution in [0.15, 0.2) is 36.8 Å². The van der Waals surface area contributed by atoms with Crippen molar-refractivity contribution in [1.82, 2.24) is 29.6 Å². The van der Waals surface area contributed by atoms with Gasteiger partial charge in [-0.25, -0.2) is 4.98 Å². The van der Waals surface area contributed by atoms with Crippen molar-refractivity contribution in [3.05, 3.63) is 64.3 Å². The molecule has 8 nitrogen and oxygen atoms in total. The molecular weight excluding hydrogens is 494 g/mol. The van der Waals surface area contributed by atoms with Crippen LogP contribution in [0.1, 0.15) is 91.1 Å². The fraction of sp³-hybridized carbons (Fsp3) is 0.483. The number of nitrogens with one attached hydrogen (secondary N) is 2. The number of fused-ring (bicyclic) bond motifs is 1. The van der Waals surface area contributed by atoms with Gasteiger partial charge in [-0.1, -0.05) is 58.9 Å². The molecule has 0 radical (unpaired) electrons. The quantitative estimate of drug-likeness (QED) is 0.207. The summed E-state index contributed by atoms with van der Waals surface area (Å²) in [6.07, 6.45) is 15.7. The molecule has 1 fully saturated rings. The number of rotatable bonds is 8. The molecule has 9 heteroatoms. The summed E-state index contributed by atoms with van der Waals surface area (Å²) in [4.78, 5) is 20.0. The Morgan fingerprint density at radius 3 is 2.37 bits per heavy atom. The number of aldehydes is 1. The third-order valence-corrected chi connectivity index (χ3v) is 7.15. The molecule has 38 heavy (non-hydrogen) atoms. The second-order valence-electron chi connectivity index (χ2n) is 9.23. The van der Waals surface area contributed by atoms with Crippen LogP contribution >= 0.6 is 11.3 Å². The summed E-state index contributed by atoms with van der Waals surface area (Å²) in [5.41, 5.74) is 4.15. The molecule has 1 unspecified atom stereocenters. The zero-order valence-electron chi connectivity index (χ0n) is 23.7. The Balaban J connectivity index is 0.000000245. The van der Waals surface area contributed by atoms with Crippen LogP contribution in [0, 0.1) is 5.41 Å². The highest BCUT2D eigenvalue weighted by atomic mass is 32.1. The molecule has 4 aromatic heterocycles. The second kappa shape index (κ2) is 16.6. The van der Waals surface area contributed by atoms with Crippen molar-refractivity contribution in [2.45, 2.75) is 65.2 Å². The predicted molar refractivity (Wildman–Crippen MR) is 159 cm³/mol. The largest absolute Gasteiger partial charge is 0.325 e. The maximum absolute atomic E-state index is 11.2. The summed E-state index contributed by atoms with van der Waals surface area (Å²) >= 11 is 1.53. The van der Waals surface area contributed by atoms with Gasteiger partial charge >= 0.3 is 0 Å². The van der Waals surface area contributed by atoms with Crippen LogP contribution in [0.5, 0.6) is 0 Å². The van der Waals surface area contributed by atoms with Gasteiger partial charge in [-0.2, -0.15) is 5.10 Å². The molecule has 1 saturated carbocycles. The van der Waals surface area contributed by atoms with Crippen molar-refractivity contribution >= 4 is 34.2 Å². The smallest absolute Gasteiger partial charge is 0.167 e. The van der Waals surface area contributed by atoms with Gasteiger partial charge in [0.05, 0.1) is 16.1 Å². The summed E-state index contributed by atoms with van der Waals surface area (Å²) in [5, 5.41) is 15.8. The number of carbonyl (C=O) groups is 1. The molecule has 0 saturated heterocycles. The molecule has 0 bridgehead atoms. The molecule has 1 aliphatic rings. The molecule has 206 valence electrons. The molecule has 5 rings (SSSR count). The first-order valence-electron chi connectivity index (χ1n) is 13.4. The van der Waals surface area contributed by atoms with Gasteiger partial charge in [0, 0.05) is 63.3 Å². The van der Waals surface area contributed by atoms with Crippen molar-refractivity contribution in [3.63, 3.8) is 0 Å². The third-order valence-electron chi connectivity index (χ3n) is 5.89. The van der Waals surface area contributed by atoms with Crippen LogP contribution < -0.4 is 5.32 Å². The van der Waals surface area contributed by atoms with Gasteiger partial charge in [0.25, 0.3) is 0 Å². The van der Waals surface area contributed by atoms with Gasteiger partial charge in [-0.15, -0.1) is 11.3 Å². The lowest BCUT2D eigenvalue weighted by Gasteiger charge is -2.07. The van der Waals surface area contributed by atoms with Crippen LogP contribution in [0.4, 0.5) is 0 Å². The summed E-state index contributed by atoms with van der Waals surface area (Å²) < 4.78 is 4.46. The molecule has 0 spiro atoms. The van der Waals surface area contributed by atoms with Crippen LogP contribution in [0.2, 0.25) is 0 Å². The minimum absolute atomic E-state index is 0.134. The Labute approximate surface area is 231 Å². The standard InChI is InChI=1S/C15H14N4OS.C7H13N3.C4H10.C3H6/c1-9(10-4-3-5-17-7-10)15-18-14-13(21-15)11(6-16)12(8-20)19(14)2;1-8-5-3-7-4-6-10(2)9-7;1-3-4-2;1-2-3-1/h3-9,16H,1-2H3;4,6,8H,3,5H2,1-2H3;3-4H2,1-2H3;1-3H2. The number of carbonyl (C=O) groups excluding carboxylic acids is 1. The van der Waals surface area contributed by atoms with Crippen LogP contribution in [0.25, 0.3) is 10.3 Å². The average Bonchev–Trinajstić information content (AvgIpc) is 3.62. The van der Waals surface area contributed by atoms with Gasteiger partial charge < -0.3 is 15.3 Å². The highest BCUT2D eigenvalue weighted by molar-refractivity contribution is 7.19. The number of likely N-dealkylation sites (N-methyl/N-ethyl adjacent to an activating group) is 1. The SMILES string of the molecule is C1CC1.CC(c1cccnc1)c1nc2c(s1)c(C=N)c(C=O)n2C.CCCC.CNCCc1ccn(C)n1. The van der Waals surface area contributed by atoms with E-state index < -0.39 is 0 Å². The molecule has 1 aliphatic carbocycles. The highest BCUT2D eigenvalue weighted by Gasteiger charge is 2.21. The topological polar surface area (TPSA) is 101 Å². The number of hydrogen-bond donors (Lipinski definition) is 2. The zero-order valence-corrected chi connectivity index (χ0v) is 24.5. The summed E-state index contributed by atoms with van der Waals surface area (Å²) in [6.45, 7) is 7.44. The van der Waals surface area contributed by atoms with E-state index in [4.69, 9.17) is 5.41 Å². The normalized spacial score (nSPS) is 12.3. The predicted octanol–water partition coefficient (Wildman–Crippen LogP) is 6.15. The van der Waals surface area contributed by atoms with E-state index in [2.05, 4.69) is 41.2 Å². The lowest BCUT2D eigenvalue weighted by atomic mass is 10.0. The van der Waals surface area contributed by atoms with E-state index in [9.17, 15) is 4.79 Å². The van der Waals surface area contributed by atoms with E-state index in [0.29, 0.717) is 11.3 Å². The number of hydrogen-bond acceptors (Lipinski definition) is 7. The van der Waals surface area contributed by atoms with Crippen LogP contribution in [-0.2, 0) is 20.5 Å². The molecule has 4 heterocycles. The van der Waals surface area contributed by atoms with Crippen LogP contribution in [0.3, 0.4) is 0 Å². The zero-order chi connectivity index (χ0) is 27.9. The van der Waals surface area contributed by atoms with E-state index >= 15 is 0 Å². The van der Waals surface area contributed by atoms with Gasteiger partial charge in [0.1, 0.15) is 5.01 Å². The molecule has 2 N–H and O–H groups in total. The van der Waals surface area contributed by atoms with E-state index in [0.717, 1.165) is 45.9 Å². The van der Waals surface area contributed by atoms with Gasteiger partial charge in [0.2, 0.25) is 0 Å². The molecule has 0 amide bonds. The number of pyridine rings is 1. The molecule has 0 aliphatic heterocycles. The number of thiazole rings is 1. The maximum Gasteiger partial charge on any atom is 0.167 e. The summed E-state index contributed by atoms with van der Waals surface area (Å²) in [7, 11) is 5.68. The van der Waals surface area contributed by atoms with Crippen molar-refractivity contribution in [3.8, 4) is 0 Å². The van der Waals surface area contributed by atoms with Gasteiger partial charge in [-0.05, 0) is 24.7 Å². The highest BCUT2D eigenvalue weighted by Crippen LogP contribution is 2.34. The Morgan fingerprint density at radius 2 is 1.89 bits per heavy atom. The maximum atomic E-state index is 11.2. The minimum Gasteiger partial charge on any atom is -0.325 e. The third kappa shape index (κ3) is 9.29. The van der Waals surface area contributed by atoms with Crippen molar-refractivity contribution in [1.29, 1.82) is 5.41 Å². The monoisotopic (exact) mass is 537 g/mol. The fourth-order valence-electron chi connectivity index (χ4n) is 3.23. The fourth-order valence-corrected chi connectivity index (χ4v) is 4.43. The van der Waals surface area contributed by atoms with Crippen molar-refractivity contribution in [2.75, 3.05) is 13.6 Å². The number of nitrogens with zero attached hydrogens (tertiary/aromatic N) is 5. The first kappa shape index (κ1) is 31.1. The van der Waals surface area contributed by atoms with E-state index in [-0.39, 0.29) is 5.92 Å². The number of aromatic nitrogens is 5. The van der Waals surface area contributed by atoms with Gasteiger partial charge in [-0.3, -0.25) is 14.5 Å². The molecule has 0 aromatic carbocycles. The van der Waals surface area contributed by atoms with Crippen molar-refractivity contribution < 1.29 is 4.79 Å². The van der Waals surface area contributed by atoms with E-state index in [1.165, 1.54) is 49.7 Å². The van der Waals surface area contributed by atoms with Crippen molar-refractivity contribution in [2.24, 2.45) is 14.1 Å². The summed E-state index contributed by atoms with van der Waals surface area (Å²) in [6, 6.07) is 5.97. The Hall–Kier alpha value is -3.17. The molecule has 4 aromatic rings. The van der Waals surface area contributed by atoms with Gasteiger partial charge in [0.15, 0.2) is 11.9 Å². The number of aryl methyl sites for hydroxylation is 2. The van der Waals surface area contributed by atoms with E-state index in [1.54, 1.807) is 17.8 Å². The average molecular weight is 538 g/mol. The molecular formula is C29H43N7OS. The summed E-state index contributed by atoms with van der Waals surface area (Å²) in [5.74, 6) is 0.134. The minimum atomic E-state index is 0.134. The van der Waals surface area contributed by atoms with E-state index in [1.807, 2.05) is 49.4 Å². The first-order valence-corrected chi connectivity index (χ1v) is 14.2. The first-order chi connectivity index (χ1) is 18.4. The Morgan fingerprint density at radius 1 is 1.18 bits per heavy atom. The Bertz CT molecular complexity index is 1240. The number of unbranched alkanes of at least 4 members (excludes halogenated alkanes) is 1. The second-order valence-corrected chi connectivity index (χ2v) is 10.3. The Kier molecular flexibility index (Phi) is 13.6.